The summed E-state index contributed by atoms with van der Waals surface area (Å²) in [6.07, 6.45) is 0. The number of benzene rings is 1. The van der Waals surface area contributed by atoms with Crippen LogP contribution in [0.15, 0.2) is 39.3 Å². The summed E-state index contributed by atoms with van der Waals surface area (Å²) in [5.41, 5.74) is 3.57. The van der Waals surface area contributed by atoms with Crippen LogP contribution in [0.5, 0.6) is 0 Å². The van der Waals surface area contributed by atoms with E-state index in [-0.39, 0.29) is 5.54 Å². The summed E-state index contributed by atoms with van der Waals surface area (Å²) < 4.78 is 0. The zero-order chi connectivity index (χ0) is 16.0. The Kier molecular flexibility index (Phi) is 3.86. The Labute approximate surface area is 149 Å². The smallest absolute Gasteiger partial charge is 0.173 e. The largest absolute Gasteiger partial charge is 0.358 e. The first-order valence-electron chi connectivity index (χ1n) is 7.46. The molecule has 23 heavy (non-hydrogen) atoms. The first kappa shape index (κ1) is 15.4. The summed E-state index contributed by atoms with van der Waals surface area (Å²) in [6, 6.07) is 5.94. The van der Waals surface area contributed by atoms with Crippen LogP contribution in [-0.4, -0.2) is 33.1 Å². The molecular formula is C16H17ClN4S2. The van der Waals surface area contributed by atoms with Crippen molar-refractivity contribution in [2.75, 3.05) is 12.3 Å². The molecule has 1 N–H and O–H groups in total. The zero-order valence-electron chi connectivity index (χ0n) is 13.0. The molecule has 1 aromatic rings. The van der Waals surface area contributed by atoms with E-state index in [2.05, 4.69) is 40.5 Å². The van der Waals surface area contributed by atoms with Crippen LogP contribution in [0, 0.1) is 0 Å². The van der Waals surface area contributed by atoms with Gasteiger partial charge in [-0.1, -0.05) is 41.2 Å². The Morgan fingerprint density at radius 1 is 1.43 bits per heavy atom. The van der Waals surface area contributed by atoms with Crippen molar-refractivity contribution < 1.29 is 0 Å². The van der Waals surface area contributed by atoms with Crippen molar-refractivity contribution in [3.63, 3.8) is 0 Å². The topological polar surface area (TPSA) is 40.0 Å². The van der Waals surface area contributed by atoms with Gasteiger partial charge >= 0.3 is 0 Å². The van der Waals surface area contributed by atoms with E-state index in [9.17, 15) is 0 Å². The van der Waals surface area contributed by atoms with E-state index < -0.39 is 0 Å². The maximum absolute atomic E-state index is 6.07. The van der Waals surface area contributed by atoms with Crippen LogP contribution in [0.1, 0.15) is 19.4 Å². The molecule has 0 aromatic heterocycles. The van der Waals surface area contributed by atoms with Gasteiger partial charge in [-0.3, -0.25) is 4.99 Å². The monoisotopic (exact) mass is 364 g/mol. The van der Waals surface area contributed by atoms with Crippen molar-refractivity contribution >= 4 is 51.1 Å². The SMILES string of the molecule is CC1(C)CN=C(SCC2=CSC3=Nc4cc(Cl)ccc4CN23)N1. The highest BCUT2D eigenvalue weighted by atomic mass is 35.5. The quantitative estimate of drug-likeness (QED) is 0.853. The first-order valence-corrected chi connectivity index (χ1v) is 9.70. The molecule has 4 nitrogen and oxygen atoms in total. The predicted molar refractivity (Wildman–Crippen MR) is 102 cm³/mol. The molecule has 120 valence electrons. The third-order valence-corrected chi connectivity index (χ3v) is 5.98. The van der Waals surface area contributed by atoms with Crippen LogP contribution >= 0.6 is 35.1 Å². The molecule has 0 unspecified atom stereocenters. The van der Waals surface area contributed by atoms with Crippen LogP contribution in [0.4, 0.5) is 5.69 Å². The fourth-order valence-electron chi connectivity index (χ4n) is 2.65. The maximum atomic E-state index is 6.07. The number of thioether (sulfide) groups is 2. The van der Waals surface area contributed by atoms with E-state index in [4.69, 9.17) is 16.6 Å². The van der Waals surface area contributed by atoms with E-state index in [1.54, 1.807) is 23.5 Å². The van der Waals surface area contributed by atoms with Crippen LogP contribution in [0.3, 0.4) is 0 Å². The Balaban J connectivity index is 1.45. The predicted octanol–water partition coefficient (Wildman–Crippen LogP) is 4.20. The molecule has 1 aromatic carbocycles. The number of fused-ring (bicyclic) bond motifs is 2. The highest BCUT2D eigenvalue weighted by Gasteiger charge is 2.29. The van der Waals surface area contributed by atoms with Gasteiger partial charge in [-0.25, -0.2) is 4.99 Å². The molecule has 3 aliphatic rings. The Morgan fingerprint density at radius 2 is 2.30 bits per heavy atom. The molecule has 3 aliphatic heterocycles. The molecule has 0 saturated carbocycles. The highest BCUT2D eigenvalue weighted by molar-refractivity contribution is 8.17. The third-order valence-electron chi connectivity index (χ3n) is 3.89. The molecule has 0 saturated heterocycles. The number of halogens is 1. The molecule has 0 amide bonds. The van der Waals surface area contributed by atoms with Crippen LogP contribution in [0.2, 0.25) is 5.02 Å². The molecular weight excluding hydrogens is 348 g/mol. The number of nitrogens with one attached hydrogen (secondary N) is 1. The van der Waals surface area contributed by atoms with E-state index in [0.29, 0.717) is 0 Å². The molecule has 3 heterocycles. The number of hydrogen-bond donors (Lipinski definition) is 1. The summed E-state index contributed by atoms with van der Waals surface area (Å²) in [6.45, 7) is 6.04. The van der Waals surface area contributed by atoms with Gasteiger partial charge in [-0.2, -0.15) is 0 Å². The number of hydrogen-bond acceptors (Lipinski definition) is 6. The van der Waals surface area contributed by atoms with Crippen molar-refractivity contribution in [2.24, 2.45) is 9.98 Å². The van der Waals surface area contributed by atoms with Crippen LogP contribution in [-0.2, 0) is 6.54 Å². The Morgan fingerprint density at radius 3 is 3.09 bits per heavy atom. The highest BCUT2D eigenvalue weighted by Crippen LogP contribution is 2.38. The minimum Gasteiger partial charge on any atom is -0.358 e. The average molecular weight is 365 g/mol. The molecule has 7 heteroatoms. The Bertz CT molecular complexity index is 754. The van der Waals surface area contributed by atoms with Crippen molar-refractivity contribution in [2.45, 2.75) is 25.9 Å². The zero-order valence-corrected chi connectivity index (χ0v) is 15.4. The lowest BCUT2D eigenvalue weighted by atomic mass is 10.1. The van der Waals surface area contributed by atoms with Crippen molar-refractivity contribution in [1.29, 1.82) is 0 Å². The third kappa shape index (κ3) is 3.12. The van der Waals surface area contributed by atoms with E-state index in [1.807, 2.05) is 12.1 Å². The molecule has 0 aliphatic carbocycles. The van der Waals surface area contributed by atoms with Crippen LogP contribution in [0.25, 0.3) is 0 Å². The van der Waals surface area contributed by atoms with Gasteiger partial charge in [0, 0.05) is 16.5 Å². The number of rotatable bonds is 2. The van der Waals surface area contributed by atoms with Crippen molar-refractivity contribution in [3.05, 3.63) is 39.9 Å². The van der Waals surface area contributed by atoms with Gasteiger partial charge in [0.1, 0.15) is 0 Å². The second-order valence-electron chi connectivity index (χ2n) is 6.40. The van der Waals surface area contributed by atoms with E-state index in [1.165, 1.54) is 11.3 Å². The van der Waals surface area contributed by atoms with Crippen LogP contribution < -0.4 is 5.32 Å². The molecule has 0 atom stereocenters. The molecule has 0 radical (unpaired) electrons. The van der Waals surface area contributed by atoms with Gasteiger partial charge in [0.25, 0.3) is 0 Å². The summed E-state index contributed by atoms with van der Waals surface area (Å²) in [4.78, 5) is 11.6. The van der Waals surface area contributed by atoms with Gasteiger partial charge in [-0.15, -0.1) is 0 Å². The summed E-state index contributed by atoms with van der Waals surface area (Å²) in [5.74, 6) is 0.900. The maximum Gasteiger partial charge on any atom is 0.173 e. The molecule has 0 bridgehead atoms. The number of aliphatic imine (C=N–C) groups is 2. The van der Waals surface area contributed by atoms with Gasteiger partial charge in [0.15, 0.2) is 10.3 Å². The number of amidine groups is 2. The summed E-state index contributed by atoms with van der Waals surface area (Å²) in [7, 11) is 0. The average Bonchev–Trinajstić information content (AvgIpc) is 3.05. The van der Waals surface area contributed by atoms with E-state index >= 15 is 0 Å². The fourth-order valence-corrected chi connectivity index (χ4v) is 4.86. The summed E-state index contributed by atoms with van der Waals surface area (Å²) in [5, 5.41) is 8.47. The molecule has 4 rings (SSSR count). The van der Waals surface area contributed by atoms with Crippen molar-refractivity contribution in [3.8, 4) is 0 Å². The summed E-state index contributed by atoms with van der Waals surface area (Å²) >= 11 is 9.51. The minimum absolute atomic E-state index is 0.0804. The first-order chi connectivity index (χ1) is 11.0. The van der Waals surface area contributed by atoms with Gasteiger partial charge in [-0.05, 0) is 37.0 Å². The molecule has 0 spiro atoms. The van der Waals surface area contributed by atoms with Crippen molar-refractivity contribution in [1.82, 2.24) is 10.2 Å². The van der Waals surface area contributed by atoms with Gasteiger partial charge < -0.3 is 10.2 Å². The second-order valence-corrected chi connectivity index (χ2v) is 8.64. The lowest BCUT2D eigenvalue weighted by Gasteiger charge is -2.27. The Hall–Kier alpha value is -1.11. The lowest BCUT2D eigenvalue weighted by molar-refractivity contribution is 0.507. The molecule has 0 fully saturated rings. The second kappa shape index (κ2) is 5.76. The van der Waals surface area contributed by atoms with Gasteiger partial charge in [0.05, 0.1) is 24.3 Å². The minimum atomic E-state index is 0.0804. The number of nitrogens with zero attached hydrogens (tertiary/aromatic N) is 3. The normalized spacial score (nSPS) is 21.2. The lowest BCUT2D eigenvalue weighted by Crippen LogP contribution is -2.38. The van der Waals surface area contributed by atoms with E-state index in [0.717, 1.165) is 39.9 Å². The fraction of sp³-hybridized carbons (Fsp3) is 0.375. The van der Waals surface area contributed by atoms with Gasteiger partial charge in [0.2, 0.25) is 0 Å². The standard InChI is InChI=1S/C16H17ClN4S2/c1-16(2)9-18-14(20-16)22-7-12-8-23-15-19-13-5-11(17)4-3-10(13)6-21(12)15/h3-5,8H,6-7,9H2,1-2H3,(H,18,20).